The summed E-state index contributed by atoms with van der Waals surface area (Å²) in [6.45, 7) is 9.82. The first-order valence-corrected chi connectivity index (χ1v) is 18.9. The Morgan fingerprint density at radius 2 is 1.02 bits per heavy atom. The zero-order valence-corrected chi connectivity index (χ0v) is 31.6. The predicted octanol–water partition coefficient (Wildman–Crippen LogP) is 4.73. The molecule has 0 aliphatic carbocycles. The Morgan fingerprint density at radius 3 is 1.52 bits per heavy atom. The van der Waals surface area contributed by atoms with Gasteiger partial charge in [-0.3, -0.25) is 19.2 Å². The van der Waals surface area contributed by atoms with Crippen molar-refractivity contribution in [3.8, 4) is 0 Å². The SMILES string of the molecule is CCCCCCCCCCCCCCCC(=O)NC(CCC(=O)NCCOCCOCC(=O)NCCOCCOCC(=O)C(C)(C)C)C(=O)O. The molecule has 0 aliphatic heterocycles. The summed E-state index contributed by atoms with van der Waals surface area (Å²) in [6, 6.07) is -1.11. The molecule has 4 N–H and O–H groups in total. The van der Waals surface area contributed by atoms with Crippen LogP contribution in [0.3, 0.4) is 0 Å². The summed E-state index contributed by atoms with van der Waals surface area (Å²) in [4.78, 5) is 59.5. The fraction of sp³-hybridized carbons (Fsp3) is 0.865. The topological polar surface area (TPSA) is 179 Å². The molecule has 0 saturated heterocycles. The Kier molecular flexibility index (Phi) is 30.6. The number of carboxylic acid groups (broad SMARTS) is 1. The Balaban J connectivity index is 3.69. The molecule has 0 spiro atoms. The van der Waals surface area contributed by atoms with Crippen LogP contribution in [-0.2, 0) is 42.9 Å². The van der Waals surface area contributed by atoms with E-state index in [4.69, 9.17) is 18.9 Å². The lowest BCUT2D eigenvalue weighted by molar-refractivity contribution is -0.142. The first kappa shape index (κ1) is 47.4. The Hall–Kier alpha value is -2.61. The van der Waals surface area contributed by atoms with Crippen LogP contribution in [0.1, 0.15) is 130 Å². The minimum atomic E-state index is -1.16. The van der Waals surface area contributed by atoms with Gasteiger partial charge in [0, 0.05) is 31.3 Å². The van der Waals surface area contributed by atoms with Gasteiger partial charge in [0.05, 0.1) is 39.6 Å². The van der Waals surface area contributed by atoms with E-state index >= 15 is 0 Å². The van der Waals surface area contributed by atoms with E-state index in [0.29, 0.717) is 26.4 Å². The number of hydrogen-bond acceptors (Lipinski definition) is 9. The lowest BCUT2D eigenvalue weighted by Crippen LogP contribution is -2.41. The fourth-order valence-corrected chi connectivity index (χ4v) is 4.75. The summed E-state index contributed by atoms with van der Waals surface area (Å²) in [5.74, 6) is -2.05. The van der Waals surface area contributed by atoms with Gasteiger partial charge in [0.2, 0.25) is 17.7 Å². The van der Waals surface area contributed by atoms with Gasteiger partial charge in [-0.25, -0.2) is 4.79 Å². The van der Waals surface area contributed by atoms with Crippen LogP contribution in [0, 0.1) is 5.41 Å². The van der Waals surface area contributed by atoms with E-state index in [1.54, 1.807) is 0 Å². The number of carbonyl (C=O) groups is 5. The summed E-state index contributed by atoms with van der Waals surface area (Å²) in [5, 5.41) is 17.3. The van der Waals surface area contributed by atoms with Crippen LogP contribution in [0.5, 0.6) is 0 Å². The van der Waals surface area contributed by atoms with Gasteiger partial charge in [-0.1, -0.05) is 105 Å². The van der Waals surface area contributed by atoms with Crippen LogP contribution in [0.2, 0.25) is 0 Å². The molecule has 0 aliphatic rings. The molecule has 0 fully saturated rings. The van der Waals surface area contributed by atoms with Crippen LogP contribution in [0.25, 0.3) is 0 Å². The van der Waals surface area contributed by atoms with Crippen molar-refractivity contribution in [2.45, 2.75) is 136 Å². The Morgan fingerprint density at radius 1 is 0.560 bits per heavy atom. The fourth-order valence-electron chi connectivity index (χ4n) is 4.75. The third kappa shape index (κ3) is 31.4. The molecule has 13 heteroatoms. The first-order chi connectivity index (χ1) is 24.0. The zero-order chi connectivity index (χ0) is 37.3. The lowest BCUT2D eigenvalue weighted by atomic mass is 9.91. The molecule has 0 radical (unpaired) electrons. The second kappa shape index (κ2) is 32.3. The molecule has 292 valence electrons. The molecule has 13 nitrogen and oxygen atoms in total. The van der Waals surface area contributed by atoms with E-state index in [0.717, 1.165) is 19.3 Å². The van der Waals surface area contributed by atoms with Crippen molar-refractivity contribution in [3.05, 3.63) is 0 Å². The highest BCUT2D eigenvalue weighted by atomic mass is 16.5. The molecule has 1 unspecified atom stereocenters. The number of rotatable bonds is 35. The molecule has 0 bridgehead atoms. The number of ketones is 1. The molecule has 0 heterocycles. The number of carbonyl (C=O) groups excluding carboxylic acids is 4. The van der Waals surface area contributed by atoms with Gasteiger partial charge in [0.15, 0.2) is 5.78 Å². The minimum absolute atomic E-state index is 0.00262. The highest BCUT2D eigenvalue weighted by Crippen LogP contribution is 2.14. The van der Waals surface area contributed by atoms with Crippen LogP contribution >= 0.6 is 0 Å². The van der Waals surface area contributed by atoms with Crippen molar-refractivity contribution >= 4 is 29.5 Å². The van der Waals surface area contributed by atoms with Crippen molar-refractivity contribution < 1.29 is 48.0 Å². The van der Waals surface area contributed by atoms with E-state index in [1.807, 2.05) is 20.8 Å². The molecule has 0 aromatic heterocycles. The second-order valence-corrected chi connectivity index (χ2v) is 13.7. The zero-order valence-electron chi connectivity index (χ0n) is 31.6. The molecule has 3 amide bonds. The van der Waals surface area contributed by atoms with E-state index < -0.39 is 17.4 Å². The number of unbranched alkanes of at least 4 members (excludes halogenated alkanes) is 12. The largest absolute Gasteiger partial charge is 0.480 e. The number of aliphatic carboxylic acids is 1. The highest BCUT2D eigenvalue weighted by molar-refractivity contribution is 5.85. The van der Waals surface area contributed by atoms with Crippen molar-refractivity contribution in [1.82, 2.24) is 16.0 Å². The van der Waals surface area contributed by atoms with Crippen LogP contribution < -0.4 is 16.0 Å². The number of nitrogens with one attached hydrogen (secondary N) is 3. The molecule has 0 aromatic carbocycles. The summed E-state index contributed by atoms with van der Waals surface area (Å²) in [6.07, 6.45) is 16.0. The van der Waals surface area contributed by atoms with Crippen LogP contribution in [0.4, 0.5) is 0 Å². The van der Waals surface area contributed by atoms with Gasteiger partial charge >= 0.3 is 5.97 Å². The second-order valence-electron chi connectivity index (χ2n) is 13.7. The number of Topliss-reactive ketones (excluding diaryl/α,β-unsaturated/α-hetero) is 1. The third-order valence-corrected chi connectivity index (χ3v) is 7.98. The maximum Gasteiger partial charge on any atom is 0.326 e. The summed E-state index contributed by atoms with van der Waals surface area (Å²) < 4.78 is 21.3. The highest BCUT2D eigenvalue weighted by Gasteiger charge is 2.21. The van der Waals surface area contributed by atoms with E-state index in [2.05, 4.69) is 22.9 Å². The number of ether oxygens (including phenoxy) is 4. The van der Waals surface area contributed by atoms with Gasteiger partial charge in [-0.15, -0.1) is 0 Å². The molecule has 1 atom stereocenters. The van der Waals surface area contributed by atoms with Gasteiger partial charge in [-0.2, -0.15) is 0 Å². The maximum atomic E-state index is 12.3. The molecule has 0 rings (SSSR count). The summed E-state index contributed by atoms with van der Waals surface area (Å²) in [7, 11) is 0. The number of carboxylic acids is 1. The quantitative estimate of drug-likeness (QED) is 0.0671. The lowest BCUT2D eigenvalue weighted by Gasteiger charge is -2.16. The van der Waals surface area contributed by atoms with E-state index in [1.165, 1.54) is 64.2 Å². The van der Waals surface area contributed by atoms with Gasteiger partial charge in [-0.05, 0) is 12.8 Å². The molecule has 0 aromatic rings. The normalized spacial score (nSPS) is 12.0. The van der Waals surface area contributed by atoms with Crippen molar-refractivity contribution in [2.75, 3.05) is 65.9 Å². The third-order valence-electron chi connectivity index (χ3n) is 7.98. The number of amides is 3. The van der Waals surface area contributed by atoms with Crippen molar-refractivity contribution in [2.24, 2.45) is 5.41 Å². The Labute approximate surface area is 301 Å². The molecule has 50 heavy (non-hydrogen) atoms. The van der Waals surface area contributed by atoms with Crippen molar-refractivity contribution in [3.63, 3.8) is 0 Å². The summed E-state index contributed by atoms with van der Waals surface area (Å²) >= 11 is 0. The average molecular weight is 716 g/mol. The standard InChI is InChI=1S/C37H69N3O10/c1-5-6-7-8-9-10-11-12-13-14-15-16-17-18-34(43)40-31(36(45)46)19-20-33(42)38-21-23-47-26-28-50-30-35(44)39-22-24-48-25-27-49-29-32(41)37(2,3)4/h31H,5-30H2,1-4H3,(H,38,42)(H,39,44)(H,40,43)(H,45,46). The number of hydrogen-bond donors (Lipinski definition) is 4. The summed E-state index contributed by atoms with van der Waals surface area (Å²) in [5.41, 5.74) is -0.429. The predicted molar refractivity (Wildman–Crippen MR) is 193 cm³/mol. The van der Waals surface area contributed by atoms with Crippen LogP contribution in [-0.4, -0.2) is 107 Å². The maximum absolute atomic E-state index is 12.3. The van der Waals surface area contributed by atoms with Gasteiger partial charge < -0.3 is 40.0 Å². The van der Waals surface area contributed by atoms with Crippen LogP contribution in [0.15, 0.2) is 0 Å². The molecular formula is C37H69N3O10. The minimum Gasteiger partial charge on any atom is -0.480 e. The molecular weight excluding hydrogens is 646 g/mol. The monoisotopic (exact) mass is 715 g/mol. The van der Waals surface area contributed by atoms with Gasteiger partial charge in [0.1, 0.15) is 19.3 Å². The Bertz CT molecular complexity index is 910. The smallest absolute Gasteiger partial charge is 0.326 e. The first-order valence-electron chi connectivity index (χ1n) is 18.9. The van der Waals surface area contributed by atoms with Crippen molar-refractivity contribution in [1.29, 1.82) is 0 Å². The van der Waals surface area contributed by atoms with E-state index in [-0.39, 0.29) is 82.3 Å². The molecule has 0 saturated carbocycles. The van der Waals surface area contributed by atoms with Gasteiger partial charge in [0.25, 0.3) is 0 Å². The average Bonchev–Trinajstić information content (AvgIpc) is 3.06. The van der Waals surface area contributed by atoms with E-state index in [9.17, 15) is 29.1 Å².